The van der Waals surface area contributed by atoms with Crippen LogP contribution in [0.25, 0.3) is 0 Å². The third kappa shape index (κ3) is 4.67. The highest BCUT2D eigenvalue weighted by molar-refractivity contribution is 5.33. The topological polar surface area (TPSA) is 41.5 Å². The van der Waals surface area contributed by atoms with E-state index in [4.69, 9.17) is 9.84 Å². The largest absolute Gasteiger partial charge is 0.490 e. The molecule has 0 aliphatic heterocycles. The second-order valence-electron chi connectivity index (χ2n) is 4.61. The fourth-order valence-electron chi connectivity index (χ4n) is 1.66. The number of rotatable bonds is 8. The molecule has 102 valence electrons. The van der Waals surface area contributed by atoms with Crippen LogP contribution in [0.3, 0.4) is 0 Å². The Morgan fingerprint density at radius 3 is 2.56 bits per heavy atom. The Morgan fingerprint density at radius 2 is 1.94 bits per heavy atom. The van der Waals surface area contributed by atoms with E-state index >= 15 is 0 Å². The van der Waals surface area contributed by atoms with Crippen LogP contribution in [0.1, 0.15) is 39.2 Å². The summed E-state index contributed by atoms with van der Waals surface area (Å²) in [5, 5.41) is 12.5. The van der Waals surface area contributed by atoms with Gasteiger partial charge in [-0.3, -0.25) is 0 Å². The van der Waals surface area contributed by atoms with Crippen LogP contribution in [0.4, 0.5) is 0 Å². The number of hydrogen-bond donors (Lipinski definition) is 2. The van der Waals surface area contributed by atoms with Gasteiger partial charge in [-0.2, -0.15) is 0 Å². The molecule has 3 heteroatoms. The van der Waals surface area contributed by atoms with Crippen LogP contribution >= 0.6 is 0 Å². The summed E-state index contributed by atoms with van der Waals surface area (Å²) in [7, 11) is 0. The fourth-order valence-corrected chi connectivity index (χ4v) is 1.66. The Labute approximate surface area is 110 Å². The Kier molecular flexibility index (Phi) is 6.76. The van der Waals surface area contributed by atoms with Crippen LogP contribution < -0.4 is 10.1 Å². The molecule has 1 rings (SSSR count). The standard InChI is InChI=1S/C15H25NO2/c1-4-12(3)18-15-9-7-6-8-13(15)10-16-14(5-2)11-17/h6-9,12,14,16-17H,4-5,10-11H2,1-3H3/t12-,14-/m1/s1. The molecule has 0 amide bonds. The van der Waals surface area contributed by atoms with Gasteiger partial charge in [0.15, 0.2) is 0 Å². The number of nitrogens with one attached hydrogen (secondary N) is 1. The predicted molar refractivity (Wildman–Crippen MR) is 74.8 cm³/mol. The maximum Gasteiger partial charge on any atom is 0.124 e. The smallest absolute Gasteiger partial charge is 0.124 e. The molecule has 0 saturated carbocycles. The SMILES string of the molecule is CC[C@H](CO)NCc1ccccc1O[C@H](C)CC. The highest BCUT2D eigenvalue weighted by Crippen LogP contribution is 2.20. The summed E-state index contributed by atoms with van der Waals surface area (Å²) in [5.41, 5.74) is 1.14. The van der Waals surface area contributed by atoms with E-state index in [1.807, 2.05) is 18.2 Å². The molecule has 0 radical (unpaired) electrons. The van der Waals surface area contributed by atoms with Crippen LogP contribution in [-0.4, -0.2) is 23.9 Å². The van der Waals surface area contributed by atoms with Crippen LogP contribution in [0, 0.1) is 0 Å². The van der Waals surface area contributed by atoms with Gasteiger partial charge in [-0.15, -0.1) is 0 Å². The molecule has 2 atom stereocenters. The summed E-state index contributed by atoms with van der Waals surface area (Å²) >= 11 is 0. The van der Waals surface area contributed by atoms with Gasteiger partial charge in [0.2, 0.25) is 0 Å². The maximum atomic E-state index is 9.16. The van der Waals surface area contributed by atoms with Gasteiger partial charge in [0.25, 0.3) is 0 Å². The second kappa shape index (κ2) is 8.11. The van der Waals surface area contributed by atoms with Crippen LogP contribution in [0.15, 0.2) is 24.3 Å². The van der Waals surface area contributed by atoms with Gasteiger partial charge in [0.05, 0.1) is 12.7 Å². The molecule has 0 aliphatic rings. The minimum Gasteiger partial charge on any atom is -0.490 e. The maximum absolute atomic E-state index is 9.16. The molecule has 0 fully saturated rings. The molecule has 0 aliphatic carbocycles. The van der Waals surface area contributed by atoms with Gasteiger partial charge in [-0.05, 0) is 25.8 Å². The normalized spacial score (nSPS) is 14.2. The van der Waals surface area contributed by atoms with E-state index in [0.29, 0.717) is 0 Å². The van der Waals surface area contributed by atoms with Crippen LogP contribution in [0.5, 0.6) is 5.75 Å². The van der Waals surface area contributed by atoms with E-state index in [9.17, 15) is 0 Å². The first-order valence-electron chi connectivity index (χ1n) is 6.80. The number of para-hydroxylation sites is 1. The third-order valence-corrected chi connectivity index (χ3v) is 3.17. The molecule has 18 heavy (non-hydrogen) atoms. The van der Waals surface area contributed by atoms with E-state index in [-0.39, 0.29) is 18.8 Å². The first kappa shape index (κ1) is 15.0. The van der Waals surface area contributed by atoms with Crippen molar-refractivity contribution in [2.75, 3.05) is 6.61 Å². The molecule has 3 nitrogen and oxygen atoms in total. The number of aliphatic hydroxyl groups excluding tert-OH is 1. The molecule has 0 saturated heterocycles. The predicted octanol–water partition coefficient (Wildman–Crippen LogP) is 2.72. The Bertz CT molecular complexity index is 337. The number of hydrogen-bond acceptors (Lipinski definition) is 3. The summed E-state index contributed by atoms with van der Waals surface area (Å²) in [6.07, 6.45) is 2.15. The second-order valence-corrected chi connectivity index (χ2v) is 4.61. The van der Waals surface area contributed by atoms with Crippen molar-refractivity contribution in [3.05, 3.63) is 29.8 Å². The van der Waals surface area contributed by atoms with Gasteiger partial charge >= 0.3 is 0 Å². The van der Waals surface area contributed by atoms with Gasteiger partial charge in [-0.25, -0.2) is 0 Å². The zero-order chi connectivity index (χ0) is 13.4. The lowest BCUT2D eigenvalue weighted by atomic mass is 10.1. The molecule has 0 heterocycles. The summed E-state index contributed by atoms with van der Waals surface area (Å²) in [6, 6.07) is 8.23. The first-order chi connectivity index (χ1) is 8.71. The van der Waals surface area contributed by atoms with Crippen LogP contribution in [0.2, 0.25) is 0 Å². The Morgan fingerprint density at radius 1 is 1.22 bits per heavy atom. The summed E-state index contributed by atoms with van der Waals surface area (Å²) in [4.78, 5) is 0. The first-order valence-corrected chi connectivity index (χ1v) is 6.80. The quantitative estimate of drug-likeness (QED) is 0.746. The summed E-state index contributed by atoms with van der Waals surface area (Å²) in [6.45, 7) is 7.16. The van der Waals surface area contributed by atoms with Gasteiger partial charge < -0.3 is 15.2 Å². The molecule has 0 bridgehead atoms. The molecule has 2 N–H and O–H groups in total. The molecular weight excluding hydrogens is 226 g/mol. The average Bonchev–Trinajstić information content (AvgIpc) is 2.41. The Hall–Kier alpha value is -1.06. The zero-order valence-electron chi connectivity index (χ0n) is 11.6. The fraction of sp³-hybridized carbons (Fsp3) is 0.600. The van der Waals surface area contributed by atoms with E-state index in [1.165, 1.54) is 0 Å². The van der Waals surface area contributed by atoms with Crippen molar-refractivity contribution in [1.82, 2.24) is 5.32 Å². The minimum atomic E-state index is 0.154. The molecule has 0 spiro atoms. The van der Waals surface area contributed by atoms with E-state index in [1.54, 1.807) is 0 Å². The van der Waals surface area contributed by atoms with Crippen molar-refractivity contribution in [2.24, 2.45) is 0 Å². The lowest BCUT2D eigenvalue weighted by Gasteiger charge is -2.18. The molecular formula is C15H25NO2. The van der Waals surface area contributed by atoms with Crippen molar-refractivity contribution in [1.29, 1.82) is 0 Å². The number of ether oxygens (including phenoxy) is 1. The average molecular weight is 251 g/mol. The van der Waals surface area contributed by atoms with Gasteiger partial charge in [0.1, 0.15) is 5.75 Å². The highest BCUT2D eigenvalue weighted by Gasteiger charge is 2.08. The number of benzene rings is 1. The molecule has 0 unspecified atom stereocenters. The summed E-state index contributed by atoms with van der Waals surface area (Å²) < 4.78 is 5.89. The molecule has 0 aromatic heterocycles. The molecule has 1 aromatic rings. The summed E-state index contributed by atoms with van der Waals surface area (Å²) in [5.74, 6) is 0.937. The van der Waals surface area contributed by atoms with Crippen LogP contribution in [-0.2, 0) is 6.54 Å². The van der Waals surface area contributed by atoms with Gasteiger partial charge in [-0.1, -0.05) is 32.0 Å². The van der Waals surface area contributed by atoms with Crippen molar-refractivity contribution >= 4 is 0 Å². The van der Waals surface area contributed by atoms with E-state index in [2.05, 4.69) is 32.2 Å². The third-order valence-electron chi connectivity index (χ3n) is 3.17. The van der Waals surface area contributed by atoms with Crippen molar-refractivity contribution in [3.63, 3.8) is 0 Å². The lowest BCUT2D eigenvalue weighted by molar-refractivity contribution is 0.212. The van der Waals surface area contributed by atoms with E-state index < -0.39 is 0 Å². The highest BCUT2D eigenvalue weighted by atomic mass is 16.5. The number of aliphatic hydroxyl groups is 1. The van der Waals surface area contributed by atoms with Crippen molar-refractivity contribution < 1.29 is 9.84 Å². The van der Waals surface area contributed by atoms with E-state index in [0.717, 1.165) is 30.7 Å². The monoisotopic (exact) mass is 251 g/mol. The lowest BCUT2D eigenvalue weighted by Crippen LogP contribution is -2.31. The Balaban J connectivity index is 2.64. The van der Waals surface area contributed by atoms with Gasteiger partial charge in [0, 0.05) is 18.2 Å². The van der Waals surface area contributed by atoms with Crippen molar-refractivity contribution in [2.45, 2.75) is 52.3 Å². The molecule has 1 aromatic carbocycles. The van der Waals surface area contributed by atoms with Crippen molar-refractivity contribution in [3.8, 4) is 5.75 Å². The zero-order valence-corrected chi connectivity index (χ0v) is 11.6. The minimum absolute atomic E-state index is 0.154.